The van der Waals surface area contributed by atoms with Crippen LogP contribution in [0.15, 0.2) is 114 Å². The number of carbonyl (C=O) groups is 9. The Labute approximate surface area is 2840 Å². The minimum absolute atomic E-state index is 0. The maximum absolute atomic E-state index is 9.25. The van der Waals surface area contributed by atoms with E-state index in [4.69, 9.17) is 46.0 Å². The second-order valence-corrected chi connectivity index (χ2v) is 4.88. The molecule has 0 aliphatic heterocycles. The zero-order valence-electron chi connectivity index (χ0n) is 115. The van der Waals surface area contributed by atoms with Gasteiger partial charge < -0.3 is 46.0 Å². The Bertz CT molecular complexity index is 885. The summed E-state index contributed by atoms with van der Waals surface area (Å²) in [7, 11) is 0. The molecule has 0 saturated carbocycles. The fourth-order valence-electron chi connectivity index (χ4n) is 0. The largest absolute Gasteiger partial charge is 1.00 e. The van der Waals surface area contributed by atoms with E-state index in [9.17, 15) is 43.2 Å². The molecule has 0 spiro atoms. The van der Waals surface area contributed by atoms with E-state index in [2.05, 4.69) is 59.2 Å². The maximum Gasteiger partial charge on any atom is 1.00 e. The molecule has 9 N–H and O–H groups in total. The van der Waals surface area contributed by atoms with E-state index in [0.29, 0.717) is 0 Å². The van der Waals surface area contributed by atoms with Crippen LogP contribution >= 0.6 is 0 Å². The van der Waals surface area contributed by atoms with Crippen LogP contribution in [-0.4, -0.2) is 99.7 Å². The van der Waals surface area contributed by atoms with Crippen molar-refractivity contribution in [3.63, 3.8) is 0 Å². The van der Waals surface area contributed by atoms with Gasteiger partial charge in [0, 0.05) is 54.7 Å². The van der Waals surface area contributed by atoms with E-state index < -0.39 is 53.7 Å². The van der Waals surface area contributed by atoms with Gasteiger partial charge in [0.15, 0.2) is 0 Å². The van der Waals surface area contributed by atoms with Crippen LogP contribution < -0.4 is 2690 Å². The van der Waals surface area contributed by atoms with Crippen LogP contribution in [0, 0.1) is 0 Å². The Hall–Kier alpha value is 83.9. The summed E-state index contributed by atoms with van der Waals surface area (Å²) in [6.45, 7) is 26.6. The summed E-state index contributed by atoms with van der Waals surface area (Å²) in [5.74, 6) is -8.83. The van der Waals surface area contributed by atoms with Gasteiger partial charge in [-0.3, -0.25) is 0 Å². The summed E-state index contributed by atoms with van der Waals surface area (Å²) in [5.41, 5.74) is 0. The van der Waals surface area contributed by atoms with Crippen molar-refractivity contribution in [1.82, 2.24) is 0 Å². The first-order chi connectivity index (χ1) is 20.4. The molecule has 0 bridgehead atoms. The molecule has 0 amide bonds. The van der Waals surface area contributed by atoms with Crippen molar-refractivity contribution < 1.29 is 2780 Å². The number of carboxylic acids is 9. The van der Waals surface area contributed by atoms with E-state index >= 15 is 0 Å². The Balaban J connectivity index is -0.00000000101. The average Bonchev–Trinajstić information content (AvgIpc) is 2.99. The molecule has 18 nitrogen and oxygen atoms in total. The molecule has 109 heteroatoms. The van der Waals surface area contributed by atoms with Crippen LogP contribution in [-0.2, 0) is 43.2 Å². The minimum Gasteiger partial charge on any atom is -0.478 e. The topological polar surface area (TPSA) is 336 Å². The zero-order valence-corrected chi connectivity index (χ0v) is 297. The zero-order chi connectivity index (χ0) is 38.6. The van der Waals surface area contributed by atoms with E-state index in [1.165, 1.54) is 0 Å². The number of hydrogen-bond acceptors (Lipinski definition) is 9. The van der Waals surface area contributed by atoms with Crippen LogP contribution in [0.5, 0.6) is 0 Å². The van der Waals surface area contributed by atoms with Gasteiger partial charge in [0.05, 0.1) is 0 Å². The number of rotatable bonds is 9. The van der Waals surface area contributed by atoms with Crippen LogP contribution in [0.2, 0.25) is 0 Å². The summed E-state index contributed by atoms with van der Waals surface area (Å²) < 4.78 is 0. The summed E-state index contributed by atoms with van der Waals surface area (Å²) in [6, 6.07) is 0. The predicted molar refractivity (Wildman–Crippen MR) is 160 cm³/mol. The van der Waals surface area contributed by atoms with Crippen molar-refractivity contribution in [3.05, 3.63) is 114 Å². The molecule has 0 rings (SSSR count). The fraction of sp³-hybridized carbons (Fsp3) is 0. The van der Waals surface area contributed by atoms with Gasteiger partial charge in [-0.15, -0.1) is 0 Å². The smallest absolute Gasteiger partial charge is 0.478 e. The van der Waals surface area contributed by atoms with Crippen LogP contribution in [0.1, 0.15) is 0 Å². The third kappa shape index (κ3) is 987. The minimum atomic E-state index is -0.981. The van der Waals surface area contributed by atoms with Gasteiger partial charge in [-0.05, 0) is 0 Å². The maximum atomic E-state index is 9.25. The van der Waals surface area contributed by atoms with Gasteiger partial charge >= 0.3 is 2740 Å². The van der Waals surface area contributed by atoms with Crippen molar-refractivity contribution in [2.75, 3.05) is 0 Å². The van der Waals surface area contributed by atoms with Crippen molar-refractivity contribution >= 4 is 53.7 Å². The van der Waals surface area contributed by atoms with Gasteiger partial charge in [-0.1, -0.05) is 59.2 Å². The Morgan fingerprint density at radius 1 is 0.0809 bits per heavy atom. The molecule has 136 heavy (non-hydrogen) atoms. The molecule has 0 aliphatic rings. The van der Waals surface area contributed by atoms with Gasteiger partial charge in [-0.2, -0.15) is 0 Å². The molecule has 0 saturated heterocycles. The second-order valence-electron chi connectivity index (χ2n) is 4.88. The predicted octanol–water partition coefficient (Wildman–Crippen LogP) is -270. The Morgan fingerprint density at radius 2 is 0.0882 bits per heavy atom. The number of hydrogen-bond donors (Lipinski definition) is 9. The van der Waals surface area contributed by atoms with Crippen LogP contribution in [0.4, 0.5) is 0 Å². The summed E-state index contributed by atoms with van der Waals surface area (Å²) in [5, 5.41) is 68.4. The Morgan fingerprint density at radius 3 is 0.0882 bits per heavy atom. The van der Waals surface area contributed by atoms with E-state index in [1.54, 1.807) is 0 Å². The molecule has 0 aromatic rings. The van der Waals surface area contributed by atoms with E-state index in [1.807, 2.05) is 0 Å². The molecule has 0 aromatic heterocycles. The second kappa shape index (κ2) is 723. The molecule has 0 aliphatic carbocycles. The average molecular weight is 2740 g/mol. The van der Waals surface area contributed by atoms with Crippen LogP contribution in [0.3, 0.4) is 0 Å². The number of aliphatic carboxylic acids is 9. The van der Waals surface area contributed by atoms with Crippen molar-refractivity contribution in [3.8, 4) is 0 Å². The summed E-state index contributed by atoms with van der Waals surface area (Å²) >= 11 is 0. The summed E-state index contributed by atoms with van der Waals surface area (Å²) in [6.07, 6.45) is 7.50. The number of carboxylic acid groups (broad SMARTS) is 9. The first kappa shape index (κ1) is 733. The third-order valence-corrected chi connectivity index (χ3v) is 1.57. The van der Waals surface area contributed by atoms with Gasteiger partial charge in [0.2, 0.25) is 0 Å². The van der Waals surface area contributed by atoms with Crippen molar-refractivity contribution in [1.29, 1.82) is 0 Å². The molecular formula is C27H36Na91O18+91. The molecule has 0 fully saturated rings. The SMILES string of the molecule is C=CC(=O)O.C=CC(=O)O.C=CC(=O)O.C=CC(=O)O.C=CC(=O)O.C=CC(=O)O.C=CC(=O)O.C=CC(=O)O.C=CC(=O)O.[Na+].[Na+].[Na+].[Na+].[Na+].[Na+].[Na+].[Na+].[Na+].[Na+].[Na+].[Na+].[Na+].[Na+].[Na+].[Na+].[Na+].[Na+].[Na+].[Na+].[Na+].[Na+].[Na+].[Na+].[Na+].[Na+].[Na+].[Na+].[Na+].[Na+].[Na+].[Na+].[Na+].[Na+].[Na+].[Na+].[Na+].[Na+].[Na+].[Na+].[Na+].[Na+].[Na+].[Na+].[Na+].[Na+].[Na+].[Na+].[Na+].[Na+].[Na+].[Na+].[Na+].[Na+].[Na+].[Na+].[Na+].[Na+].[Na+].[Na+].[Na+].[Na+].[Na+].[Na+].[Na+].[Na+].[Na+].[Na+].[Na+].[Na+].[Na+].[Na+].[Na+].[Na+].[Na+].[Na+].[Na+].[Na+].[Na+].[Na+].[Na+].[Na+].[Na+].[Na+].[Na+].[Na+].[Na+].[Na+].[Na+].[Na+].[Na+]. The van der Waals surface area contributed by atoms with Crippen molar-refractivity contribution in [2.24, 2.45) is 0 Å². The molecule has 0 aromatic carbocycles. The molecule has 0 heterocycles. The monoisotopic (exact) mass is 2740 g/mol. The first-order valence-electron chi connectivity index (χ1n) is 10.1. The first-order valence-corrected chi connectivity index (χ1v) is 10.1. The van der Waals surface area contributed by atoms with Crippen LogP contribution in [0.25, 0.3) is 0 Å². The molecule has 0 radical (unpaired) electrons. The quantitative estimate of drug-likeness (QED) is 0.0765. The normalized spacial score (nSPS) is 2.12. The van der Waals surface area contributed by atoms with Gasteiger partial charge in [0.1, 0.15) is 0 Å². The standard InChI is InChI=1S/9C3H4O2.91Na/c9*1-2-3(4)5;;;;;;;;;;;;;;;;;;;;;;;;;;;;;;;;;;;;;;;;;;;;;;;;;;;;;;;;;;;;;;;;;;;;;;;;;;;;;;;;;;;;;;;;;;;/h9*2H,1H2,(H,4,5);;;;;;;;;;;;;;;;;;;;;;;;;;;;;;;;;;;;;;;;;;;;;;;;;;;;;;;;;;;;;;;;;;;;;;;;;;;;;;;;;;;;;;;;;;;/q;;;;;;;;;91*+1. The van der Waals surface area contributed by atoms with Crippen molar-refractivity contribution in [2.45, 2.75) is 0 Å². The summed E-state index contributed by atoms with van der Waals surface area (Å²) in [4.78, 5) is 83.2. The molecule has 0 atom stereocenters. The van der Waals surface area contributed by atoms with Gasteiger partial charge in [0.25, 0.3) is 0 Å². The molecule has 252 valence electrons. The van der Waals surface area contributed by atoms with E-state index in [-0.39, 0.29) is 2690 Å². The van der Waals surface area contributed by atoms with E-state index in [0.717, 1.165) is 54.7 Å². The molecule has 0 unspecified atom stereocenters. The fourth-order valence-corrected chi connectivity index (χ4v) is 0. The molecular weight excluding hydrogens is 2700 g/mol. The van der Waals surface area contributed by atoms with Gasteiger partial charge in [-0.25, -0.2) is 43.2 Å². The Kier molecular flexibility index (Phi) is 3900. The third-order valence-electron chi connectivity index (χ3n) is 1.57.